The molecule has 0 aromatic heterocycles. The van der Waals surface area contributed by atoms with E-state index in [2.05, 4.69) is 33.0 Å². The minimum atomic E-state index is -0.186. The molecule has 0 aromatic rings. The van der Waals surface area contributed by atoms with Gasteiger partial charge in [0.2, 0.25) is 0 Å². The monoisotopic (exact) mass is 173 g/mol. The van der Waals surface area contributed by atoms with Gasteiger partial charge in [0.1, 0.15) is 0 Å². The third-order valence-electron chi connectivity index (χ3n) is 2.21. The van der Waals surface area contributed by atoms with Crippen LogP contribution in [0.25, 0.3) is 0 Å². The van der Waals surface area contributed by atoms with Crippen LogP contribution in [0.15, 0.2) is 0 Å². The van der Waals surface area contributed by atoms with Crippen LogP contribution >= 0.6 is 0 Å². The molecule has 0 fully saturated rings. The average molecular weight is 173 g/mol. The molecule has 0 saturated heterocycles. The lowest BCUT2D eigenvalue weighted by Gasteiger charge is -2.18. The minimum absolute atomic E-state index is 0.186. The molecule has 0 unspecified atom stereocenters. The fourth-order valence-corrected chi connectivity index (χ4v) is 0.993. The quantitative estimate of drug-likeness (QED) is 0.640. The number of aliphatic hydroxyl groups is 1. The van der Waals surface area contributed by atoms with Gasteiger partial charge < -0.3 is 10.4 Å². The normalized spacial score (nSPS) is 16.5. The molecule has 0 rings (SSSR count). The van der Waals surface area contributed by atoms with Gasteiger partial charge in [0, 0.05) is 6.54 Å². The second-order valence-electron chi connectivity index (χ2n) is 4.00. The molecule has 0 aliphatic rings. The Morgan fingerprint density at radius 3 is 2.17 bits per heavy atom. The Morgan fingerprint density at radius 2 is 1.75 bits per heavy atom. The summed E-state index contributed by atoms with van der Waals surface area (Å²) in [5, 5.41) is 12.8. The molecule has 2 heteroatoms. The third kappa shape index (κ3) is 5.56. The number of nitrogens with one attached hydrogen (secondary N) is 1. The molecule has 74 valence electrons. The van der Waals surface area contributed by atoms with E-state index in [4.69, 9.17) is 0 Å². The van der Waals surface area contributed by atoms with Crippen LogP contribution in [0.3, 0.4) is 0 Å². The van der Waals surface area contributed by atoms with Crippen molar-refractivity contribution in [3.8, 4) is 0 Å². The predicted molar refractivity (Wildman–Crippen MR) is 53.2 cm³/mol. The first kappa shape index (κ1) is 11.9. The molecule has 0 saturated carbocycles. The summed E-state index contributed by atoms with van der Waals surface area (Å²) in [5.74, 6) is 1.07. The summed E-state index contributed by atoms with van der Waals surface area (Å²) in [6.07, 6.45) is 0.860. The summed E-state index contributed by atoms with van der Waals surface area (Å²) in [5.41, 5.74) is 0. The molecule has 0 aliphatic heterocycles. The van der Waals surface area contributed by atoms with Crippen LogP contribution < -0.4 is 5.32 Å². The van der Waals surface area contributed by atoms with Gasteiger partial charge >= 0.3 is 0 Å². The molecule has 0 radical (unpaired) electrons. The van der Waals surface area contributed by atoms with Crippen molar-refractivity contribution in [2.45, 2.75) is 40.2 Å². The first-order valence-corrected chi connectivity index (χ1v) is 4.96. The highest BCUT2D eigenvalue weighted by molar-refractivity contribution is 4.66. The highest BCUT2D eigenvalue weighted by Gasteiger charge is 2.10. The number of aliphatic hydroxyl groups excluding tert-OH is 1. The van der Waals surface area contributed by atoms with Crippen LogP contribution in [0.4, 0.5) is 0 Å². The van der Waals surface area contributed by atoms with E-state index in [-0.39, 0.29) is 6.10 Å². The maximum atomic E-state index is 9.57. The molecule has 2 atom stereocenters. The van der Waals surface area contributed by atoms with Gasteiger partial charge in [-0.05, 0) is 18.4 Å². The predicted octanol–water partition coefficient (Wildman–Crippen LogP) is 1.64. The molecule has 2 nitrogen and oxygen atoms in total. The molecule has 12 heavy (non-hydrogen) atoms. The Hall–Kier alpha value is -0.0800. The molecule has 0 heterocycles. The Labute approximate surface area is 76.4 Å². The van der Waals surface area contributed by atoms with Gasteiger partial charge in [0.05, 0.1) is 6.10 Å². The lowest BCUT2D eigenvalue weighted by Crippen LogP contribution is -2.33. The Balaban J connectivity index is 3.37. The van der Waals surface area contributed by atoms with Gasteiger partial charge in [-0.1, -0.05) is 34.1 Å². The van der Waals surface area contributed by atoms with Crippen molar-refractivity contribution in [2.75, 3.05) is 13.1 Å². The van der Waals surface area contributed by atoms with E-state index >= 15 is 0 Å². The van der Waals surface area contributed by atoms with Crippen LogP contribution in [0.1, 0.15) is 34.1 Å². The smallest absolute Gasteiger partial charge is 0.0689 e. The van der Waals surface area contributed by atoms with E-state index in [1.165, 1.54) is 0 Å². The van der Waals surface area contributed by atoms with Gasteiger partial charge in [0.15, 0.2) is 0 Å². The summed E-state index contributed by atoms with van der Waals surface area (Å²) >= 11 is 0. The van der Waals surface area contributed by atoms with Crippen LogP contribution in [0.5, 0.6) is 0 Å². The van der Waals surface area contributed by atoms with E-state index in [0.717, 1.165) is 19.5 Å². The fraction of sp³-hybridized carbons (Fsp3) is 1.00. The van der Waals surface area contributed by atoms with Crippen molar-refractivity contribution in [2.24, 2.45) is 11.8 Å². The van der Waals surface area contributed by atoms with Crippen molar-refractivity contribution < 1.29 is 5.11 Å². The van der Waals surface area contributed by atoms with E-state index in [1.807, 2.05) is 0 Å². The molecule has 0 bridgehead atoms. The Morgan fingerprint density at radius 1 is 1.17 bits per heavy atom. The zero-order chi connectivity index (χ0) is 9.56. The second-order valence-corrected chi connectivity index (χ2v) is 4.00. The van der Waals surface area contributed by atoms with E-state index in [0.29, 0.717) is 11.8 Å². The van der Waals surface area contributed by atoms with Crippen molar-refractivity contribution >= 4 is 0 Å². The molecule has 2 N–H and O–H groups in total. The number of hydrogen-bond donors (Lipinski definition) is 2. The standard InChI is InChI=1S/C10H23NO/c1-5-9(4)10(12)7-11-6-8(2)3/h8-12H,5-7H2,1-4H3/t9-,10+/m0/s1. The fourth-order valence-electron chi connectivity index (χ4n) is 0.993. The minimum Gasteiger partial charge on any atom is -0.392 e. The van der Waals surface area contributed by atoms with Gasteiger partial charge in [-0.25, -0.2) is 0 Å². The van der Waals surface area contributed by atoms with Crippen molar-refractivity contribution in [1.29, 1.82) is 0 Å². The summed E-state index contributed by atoms with van der Waals surface area (Å²) in [4.78, 5) is 0. The highest BCUT2D eigenvalue weighted by atomic mass is 16.3. The van der Waals surface area contributed by atoms with Gasteiger partial charge in [0.25, 0.3) is 0 Å². The molecular formula is C10H23NO. The second kappa shape index (κ2) is 6.44. The lowest BCUT2D eigenvalue weighted by molar-refractivity contribution is 0.112. The van der Waals surface area contributed by atoms with Crippen molar-refractivity contribution in [3.05, 3.63) is 0 Å². The maximum Gasteiger partial charge on any atom is 0.0689 e. The summed E-state index contributed by atoms with van der Waals surface area (Å²) in [6, 6.07) is 0. The van der Waals surface area contributed by atoms with E-state index < -0.39 is 0 Å². The average Bonchev–Trinajstić information content (AvgIpc) is 2.02. The van der Waals surface area contributed by atoms with Crippen molar-refractivity contribution in [1.82, 2.24) is 5.32 Å². The molecule has 0 aromatic carbocycles. The summed E-state index contributed by atoms with van der Waals surface area (Å²) < 4.78 is 0. The first-order chi connectivity index (χ1) is 5.57. The van der Waals surface area contributed by atoms with Gasteiger partial charge in [-0.3, -0.25) is 0 Å². The summed E-state index contributed by atoms with van der Waals surface area (Å²) in [6.45, 7) is 10.3. The highest BCUT2D eigenvalue weighted by Crippen LogP contribution is 2.05. The van der Waals surface area contributed by atoms with Crippen LogP contribution in [0.2, 0.25) is 0 Å². The maximum absolute atomic E-state index is 9.57. The van der Waals surface area contributed by atoms with Crippen molar-refractivity contribution in [3.63, 3.8) is 0 Å². The molecule has 0 spiro atoms. The molecule has 0 amide bonds. The van der Waals surface area contributed by atoms with Crippen LogP contribution in [0, 0.1) is 11.8 Å². The zero-order valence-electron chi connectivity index (χ0n) is 8.80. The number of rotatable bonds is 6. The van der Waals surface area contributed by atoms with E-state index in [1.54, 1.807) is 0 Å². The SMILES string of the molecule is CC[C@H](C)[C@H](O)CNCC(C)C. The number of hydrogen-bond acceptors (Lipinski definition) is 2. The van der Waals surface area contributed by atoms with Crippen LogP contribution in [-0.2, 0) is 0 Å². The Kier molecular flexibility index (Phi) is 6.39. The first-order valence-electron chi connectivity index (χ1n) is 4.96. The van der Waals surface area contributed by atoms with E-state index in [9.17, 15) is 5.11 Å². The summed E-state index contributed by atoms with van der Waals surface area (Å²) in [7, 11) is 0. The zero-order valence-corrected chi connectivity index (χ0v) is 8.80. The lowest BCUT2D eigenvalue weighted by atomic mass is 10.0. The topological polar surface area (TPSA) is 32.3 Å². The largest absolute Gasteiger partial charge is 0.392 e. The Bertz CT molecular complexity index is 104. The molecular weight excluding hydrogens is 150 g/mol. The van der Waals surface area contributed by atoms with Gasteiger partial charge in [-0.2, -0.15) is 0 Å². The van der Waals surface area contributed by atoms with Crippen LogP contribution in [-0.4, -0.2) is 24.3 Å². The molecule has 0 aliphatic carbocycles. The third-order valence-corrected chi connectivity index (χ3v) is 2.21. The van der Waals surface area contributed by atoms with Gasteiger partial charge in [-0.15, -0.1) is 0 Å².